The zero-order valence-electron chi connectivity index (χ0n) is 12.8. The molecule has 3 N–H and O–H groups in total. The molecule has 116 valence electrons. The molecule has 3 rings (SSSR count). The van der Waals surface area contributed by atoms with Gasteiger partial charge in [-0.3, -0.25) is 4.79 Å². The first-order valence-electron chi connectivity index (χ1n) is 7.68. The van der Waals surface area contributed by atoms with Crippen LogP contribution in [0.5, 0.6) is 0 Å². The number of aryl methyl sites for hydroxylation is 1. The van der Waals surface area contributed by atoms with Gasteiger partial charge in [0.2, 0.25) is 5.91 Å². The van der Waals surface area contributed by atoms with Crippen LogP contribution < -0.4 is 11.1 Å². The fourth-order valence-corrected chi connectivity index (χ4v) is 3.36. The largest absolute Gasteiger partial charge is 0.375 e. The highest BCUT2D eigenvalue weighted by Crippen LogP contribution is 2.31. The van der Waals surface area contributed by atoms with Crippen molar-refractivity contribution in [3.63, 3.8) is 0 Å². The summed E-state index contributed by atoms with van der Waals surface area (Å²) in [5, 5.41) is 2.98. The number of nitrogens with zero attached hydrogens (tertiary/aromatic N) is 2. The summed E-state index contributed by atoms with van der Waals surface area (Å²) in [7, 11) is 0. The summed E-state index contributed by atoms with van der Waals surface area (Å²) in [4.78, 5) is 17.0. The highest BCUT2D eigenvalue weighted by Gasteiger charge is 2.43. The van der Waals surface area contributed by atoms with Crippen LogP contribution in [-0.2, 0) is 22.5 Å². The lowest BCUT2D eigenvalue weighted by Crippen LogP contribution is -2.59. The molecule has 6 heteroatoms. The zero-order valence-corrected chi connectivity index (χ0v) is 12.8. The molecule has 1 saturated heterocycles. The van der Waals surface area contributed by atoms with E-state index in [1.807, 2.05) is 13.8 Å². The van der Waals surface area contributed by atoms with Gasteiger partial charge in [0.1, 0.15) is 17.2 Å². The molecule has 0 aliphatic carbocycles. The van der Waals surface area contributed by atoms with Crippen molar-refractivity contribution in [3.05, 3.63) is 12.0 Å². The number of imidazole rings is 1. The fourth-order valence-electron chi connectivity index (χ4n) is 3.36. The minimum Gasteiger partial charge on any atom is -0.375 e. The van der Waals surface area contributed by atoms with Crippen LogP contribution in [0.1, 0.15) is 45.4 Å². The predicted octanol–water partition coefficient (Wildman–Crippen LogP) is 1.44. The van der Waals surface area contributed by atoms with Gasteiger partial charge in [-0.05, 0) is 33.1 Å². The molecule has 0 radical (unpaired) electrons. The Morgan fingerprint density at radius 2 is 2.29 bits per heavy atom. The number of hydrogen-bond acceptors (Lipinski definition) is 4. The van der Waals surface area contributed by atoms with E-state index in [1.54, 1.807) is 6.20 Å². The molecule has 1 aromatic heterocycles. The molecule has 3 heterocycles. The van der Waals surface area contributed by atoms with Crippen LogP contribution in [0.2, 0.25) is 0 Å². The van der Waals surface area contributed by atoms with Crippen molar-refractivity contribution in [3.8, 4) is 0 Å². The van der Waals surface area contributed by atoms with Gasteiger partial charge in [0.15, 0.2) is 0 Å². The number of nitrogens with one attached hydrogen (secondary N) is 1. The van der Waals surface area contributed by atoms with Gasteiger partial charge in [0, 0.05) is 26.0 Å². The van der Waals surface area contributed by atoms with Crippen LogP contribution in [0.15, 0.2) is 6.20 Å². The average molecular weight is 292 g/mol. The third kappa shape index (κ3) is 2.82. The molecular formula is C15H24N4O2. The molecule has 0 saturated carbocycles. The van der Waals surface area contributed by atoms with Gasteiger partial charge in [-0.15, -0.1) is 0 Å². The van der Waals surface area contributed by atoms with Crippen LogP contribution in [0.3, 0.4) is 0 Å². The molecule has 1 amide bonds. The molecule has 1 atom stereocenters. The first-order chi connectivity index (χ1) is 9.90. The Morgan fingerprint density at radius 3 is 3.05 bits per heavy atom. The number of carbonyl (C=O) groups is 1. The SMILES string of the molecule is CC1(C)CC(N)(C(=O)Nc2cnc3n2CCCC3)CCO1. The van der Waals surface area contributed by atoms with Gasteiger partial charge in [-0.2, -0.15) is 0 Å². The van der Waals surface area contributed by atoms with Gasteiger partial charge in [-0.25, -0.2) is 4.98 Å². The van der Waals surface area contributed by atoms with E-state index in [2.05, 4.69) is 14.9 Å². The number of carbonyl (C=O) groups excluding carboxylic acids is 1. The molecule has 1 unspecified atom stereocenters. The Hall–Kier alpha value is -1.40. The van der Waals surface area contributed by atoms with Gasteiger partial charge >= 0.3 is 0 Å². The summed E-state index contributed by atoms with van der Waals surface area (Å²) in [6, 6.07) is 0. The van der Waals surface area contributed by atoms with E-state index < -0.39 is 5.54 Å². The maximum atomic E-state index is 12.6. The van der Waals surface area contributed by atoms with E-state index >= 15 is 0 Å². The second kappa shape index (κ2) is 5.10. The van der Waals surface area contributed by atoms with E-state index in [9.17, 15) is 4.79 Å². The Kier molecular flexibility index (Phi) is 3.53. The molecule has 1 fully saturated rings. The van der Waals surface area contributed by atoms with E-state index in [-0.39, 0.29) is 11.5 Å². The van der Waals surface area contributed by atoms with Crippen molar-refractivity contribution in [2.45, 2.75) is 63.6 Å². The van der Waals surface area contributed by atoms with Crippen molar-refractivity contribution in [2.24, 2.45) is 5.73 Å². The molecular weight excluding hydrogens is 268 g/mol. The lowest BCUT2D eigenvalue weighted by molar-refractivity contribution is -0.133. The number of fused-ring (bicyclic) bond motifs is 1. The highest BCUT2D eigenvalue weighted by atomic mass is 16.5. The van der Waals surface area contributed by atoms with Crippen molar-refractivity contribution in [1.29, 1.82) is 0 Å². The van der Waals surface area contributed by atoms with E-state index in [0.717, 1.165) is 37.4 Å². The molecule has 6 nitrogen and oxygen atoms in total. The predicted molar refractivity (Wildman–Crippen MR) is 80.0 cm³/mol. The maximum Gasteiger partial charge on any atom is 0.245 e. The van der Waals surface area contributed by atoms with Crippen LogP contribution >= 0.6 is 0 Å². The standard InChI is InChI=1S/C15H24N4O2/c1-14(2)10-15(16,6-8-21-14)13(20)18-12-9-17-11-5-3-4-7-19(11)12/h9H,3-8,10,16H2,1-2H3,(H,18,20). The third-order valence-corrected chi connectivity index (χ3v) is 4.45. The Balaban J connectivity index is 1.75. The van der Waals surface area contributed by atoms with Gasteiger partial charge < -0.3 is 20.4 Å². The van der Waals surface area contributed by atoms with Crippen LogP contribution in [0.4, 0.5) is 5.82 Å². The van der Waals surface area contributed by atoms with Gasteiger partial charge in [0.25, 0.3) is 0 Å². The first-order valence-corrected chi connectivity index (χ1v) is 7.68. The van der Waals surface area contributed by atoms with Gasteiger partial charge in [0.05, 0.1) is 11.8 Å². The monoisotopic (exact) mass is 292 g/mol. The number of ether oxygens (including phenoxy) is 1. The van der Waals surface area contributed by atoms with Crippen molar-refractivity contribution < 1.29 is 9.53 Å². The summed E-state index contributed by atoms with van der Waals surface area (Å²) in [5.74, 6) is 1.69. The van der Waals surface area contributed by atoms with Crippen LogP contribution in [0, 0.1) is 0 Å². The smallest absolute Gasteiger partial charge is 0.245 e. The molecule has 0 bridgehead atoms. The van der Waals surface area contributed by atoms with Gasteiger partial charge in [-0.1, -0.05) is 0 Å². The number of hydrogen-bond donors (Lipinski definition) is 2. The van der Waals surface area contributed by atoms with E-state index in [4.69, 9.17) is 10.5 Å². The maximum absolute atomic E-state index is 12.6. The van der Waals surface area contributed by atoms with Crippen LogP contribution in [-0.4, -0.2) is 33.2 Å². The summed E-state index contributed by atoms with van der Waals surface area (Å²) in [6.45, 7) is 5.38. The van der Waals surface area contributed by atoms with E-state index in [1.165, 1.54) is 0 Å². The van der Waals surface area contributed by atoms with Crippen molar-refractivity contribution in [1.82, 2.24) is 9.55 Å². The minimum absolute atomic E-state index is 0.132. The molecule has 21 heavy (non-hydrogen) atoms. The lowest BCUT2D eigenvalue weighted by atomic mass is 9.81. The number of aromatic nitrogens is 2. The molecule has 2 aliphatic rings. The third-order valence-electron chi connectivity index (χ3n) is 4.45. The number of anilines is 1. The molecule has 1 aromatic rings. The zero-order chi connectivity index (χ0) is 15.1. The number of nitrogens with two attached hydrogens (primary N) is 1. The van der Waals surface area contributed by atoms with E-state index in [0.29, 0.717) is 19.4 Å². The molecule has 0 spiro atoms. The highest BCUT2D eigenvalue weighted by molar-refractivity contribution is 5.97. The van der Waals surface area contributed by atoms with Crippen molar-refractivity contribution >= 4 is 11.7 Å². The summed E-state index contributed by atoms with van der Waals surface area (Å²) < 4.78 is 7.75. The topological polar surface area (TPSA) is 82.2 Å². The minimum atomic E-state index is -0.874. The Morgan fingerprint density at radius 1 is 1.48 bits per heavy atom. The van der Waals surface area contributed by atoms with Crippen molar-refractivity contribution in [2.75, 3.05) is 11.9 Å². The molecule has 2 aliphatic heterocycles. The average Bonchev–Trinajstić information content (AvgIpc) is 2.81. The normalized spacial score (nSPS) is 28.0. The Bertz CT molecular complexity index is 552. The second-order valence-corrected chi connectivity index (χ2v) is 6.81. The Labute approximate surface area is 125 Å². The number of rotatable bonds is 2. The summed E-state index contributed by atoms with van der Waals surface area (Å²) >= 11 is 0. The summed E-state index contributed by atoms with van der Waals surface area (Å²) in [6.07, 6.45) is 6.07. The number of amides is 1. The summed E-state index contributed by atoms with van der Waals surface area (Å²) in [5.41, 5.74) is 5.12. The second-order valence-electron chi connectivity index (χ2n) is 6.81. The van der Waals surface area contributed by atoms with Crippen LogP contribution in [0.25, 0.3) is 0 Å². The molecule has 0 aromatic carbocycles. The fraction of sp³-hybridized carbons (Fsp3) is 0.733. The quantitative estimate of drug-likeness (QED) is 0.864. The first kappa shape index (κ1) is 14.5. The lowest BCUT2D eigenvalue weighted by Gasteiger charge is -2.41.